The van der Waals surface area contributed by atoms with Crippen LogP contribution in [0.25, 0.3) is 0 Å². The average molecular weight is 248 g/mol. The van der Waals surface area contributed by atoms with Crippen LogP contribution in [-0.2, 0) is 4.74 Å². The first kappa shape index (κ1) is 13.1. The van der Waals surface area contributed by atoms with Gasteiger partial charge in [0.25, 0.3) is 0 Å². The number of rotatable bonds is 8. The smallest absolute Gasteiger partial charge is 0.163 e. The lowest BCUT2D eigenvalue weighted by Gasteiger charge is -2.09. The second-order valence-electron chi connectivity index (χ2n) is 4.75. The molecule has 3 heteroatoms. The van der Waals surface area contributed by atoms with E-state index in [4.69, 9.17) is 9.47 Å². The van der Waals surface area contributed by atoms with E-state index < -0.39 is 0 Å². The van der Waals surface area contributed by atoms with Crippen molar-refractivity contribution in [3.05, 3.63) is 29.8 Å². The molecule has 0 aliphatic heterocycles. The van der Waals surface area contributed by atoms with Gasteiger partial charge in [-0.15, -0.1) is 0 Å². The largest absolute Gasteiger partial charge is 0.490 e. The fraction of sp³-hybridized carbons (Fsp3) is 0.533. The van der Waals surface area contributed by atoms with Crippen molar-refractivity contribution in [1.82, 2.24) is 0 Å². The van der Waals surface area contributed by atoms with Crippen LogP contribution in [-0.4, -0.2) is 25.6 Å². The lowest BCUT2D eigenvalue weighted by molar-refractivity contribution is 0.0932. The Kier molecular flexibility index (Phi) is 4.76. The summed E-state index contributed by atoms with van der Waals surface area (Å²) in [5.41, 5.74) is 0.635. The summed E-state index contributed by atoms with van der Waals surface area (Å²) in [6.07, 6.45) is 3.90. The quantitative estimate of drug-likeness (QED) is 0.524. The molecular weight excluding hydrogens is 228 g/mol. The molecule has 1 fully saturated rings. The molecule has 1 aliphatic rings. The Hall–Kier alpha value is -1.35. The van der Waals surface area contributed by atoms with Gasteiger partial charge in [-0.1, -0.05) is 25.0 Å². The number of para-hydroxylation sites is 1. The zero-order valence-electron chi connectivity index (χ0n) is 10.9. The van der Waals surface area contributed by atoms with Crippen molar-refractivity contribution >= 4 is 5.78 Å². The van der Waals surface area contributed by atoms with Crippen molar-refractivity contribution in [2.75, 3.05) is 19.8 Å². The number of carbonyl (C=O) groups is 1. The third-order valence-electron chi connectivity index (χ3n) is 3.12. The van der Waals surface area contributed by atoms with Crippen LogP contribution in [0, 0.1) is 5.92 Å². The van der Waals surface area contributed by atoms with Crippen LogP contribution >= 0.6 is 0 Å². The summed E-state index contributed by atoms with van der Waals surface area (Å²) < 4.78 is 11.1. The third-order valence-corrected chi connectivity index (χ3v) is 3.12. The maximum absolute atomic E-state index is 11.4. The summed E-state index contributed by atoms with van der Waals surface area (Å²) in [4.78, 5) is 11.4. The molecule has 0 bridgehead atoms. The van der Waals surface area contributed by atoms with Crippen LogP contribution in [0.3, 0.4) is 0 Å². The first-order valence-corrected chi connectivity index (χ1v) is 6.58. The Balaban J connectivity index is 1.67. The van der Waals surface area contributed by atoms with E-state index in [-0.39, 0.29) is 5.78 Å². The van der Waals surface area contributed by atoms with E-state index in [2.05, 4.69) is 0 Å². The Morgan fingerprint density at radius 1 is 1.22 bits per heavy atom. The number of ether oxygens (including phenoxy) is 2. The van der Waals surface area contributed by atoms with Crippen LogP contribution in [0.2, 0.25) is 0 Å². The lowest BCUT2D eigenvalue weighted by Crippen LogP contribution is -2.09. The van der Waals surface area contributed by atoms with Crippen molar-refractivity contribution in [3.8, 4) is 5.75 Å². The zero-order valence-corrected chi connectivity index (χ0v) is 10.9. The Morgan fingerprint density at radius 3 is 2.72 bits per heavy atom. The lowest BCUT2D eigenvalue weighted by atomic mass is 10.1. The molecule has 0 amide bonds. The maximum Gasteiger partial charge on any atom is 0.163 e. The first-order chi connectivity index (χ1) is 8.77. The highest BCUT2D eigenvalue weighted by Crippen LogP contribution is 2.32. The van der Waals surface area contributed by atoms with E-state index in [0.717, 1.165) is 12.5 Å². The minimum absolute atomic E-state index is 0.0280. The molecule has 0 N–H and O–H groups in total. The van der Waals surface area contributed by atoms with E-state index in [1.54, 1.807) is 13.0 Å². The van der Waals surface area contributed by atoms with E-state index in [9.17, 15) is 4.79 Å². The maximum atomic E-state index is 11.4. The van der Waals surface area contributed by atoms with Gasteiger partial charge in [-0.05, 0) is 31.4 Å². The molecule has 0 unspecified atom stereocenters. The number of benzene rings is 1. The van der Waals surface area contributed by atoms with Gasteiger partial charge in [0.2, 0.25) is 0 Å². The molecule has 1 saturated carbocycles. The Bertz CT molecular complexity index is 396. The highest BCUT2D eigenvalue weighted by atomic mass is 16.5. The van der Waals surface area contributed by atoms with Gasteiger partial charge in [-0.25, -0.2) is 0 Å². The molecule has 18 heavy (non-hydrogen) atoms. The minimum Gasteiger partial charge on any atom is -0.490 e. The molecule has 0 spiro atoms. The van der Waals surface area contributed by atoms with Crippen molar-refractivity contribution in [3.63, 3.8) is 0 Å². The van der Waals surface area contributed by atoms with Gasteiger partial charge in [-0.3, -0.25) is 4.79 Å². The number of hydrogen-bond acceptors (Lipinski definition) is 3. The Morgan fingerprint density at radius 2 is 2.00 bits per heavy atom. The number of hydrogen-bond donors (Lipinski definition) is 0. The predicted octanol–water partition coefficient (Wildman–Crippen LogP) is 3.08. The van der Waals surface area contributed by atoms with Gasteiger partial charge in [0.05, 0.1) is 12.2 Å². The molecule has 1 aromatic rings. The highest BCUT2D eigenvalue weighted by Gasteiger charge is 2.20. The summed E-state index contributed by atoms with van der Waals surface area (Å²) in [5.74, 6) is 1.58. The third kappa shape index (κ3) is 4.15. The summed E-state index contributed by atoms with van der Waals surface area (Å²) in [6.45, 7) is 3.45. The minimum atomic E-state index is 0.0280. The van der Waals surface area contributed by atoms with Crippen LogP contribution in [0.5, 0.6) is 5.75 Å². The molecule has 0 saturated heterocycles. The predicted molar refractivity (Wildman–Crippen MR) is 70.1 cm³/mol. The monoisotopic (exact) mass is 248 g/mol. The van der Waals surface area contributed by atoms with Crippen LogP contribution in [0.1, 0.15) is 36.5 Å². The van der Waals surface area contributed by atoms with Gasteiger partial charge in [0.15, 0.2) is 5.78 Å². The zero-order chi connectivity index (χ0) is 12.8. The summed E-state index contributed by atoms with van der Waals surface area (Å²) in [5, 5.41) is 0. The van der Waals surface area contributed by atoms with Gasteiger partial charge < -0.3 is 9.47 Å². The van der Waals surface area contributed by atoms with E-state index in [1.807, 2.05) is 18.2 Å². The number of Topliss-reactive ketones (excluding diaryl/α,β-unsaturated/α-hetero) is 1. The summed E-state index contributed by atoms with van der Waals surface area (Å²) in [7, 11) is 0. The SMILES string of the molecule is CC(=O)c1ccccc1OCCOCCC1CC1. The second kappa shape index (κ2) is 6.55. The molecule has 0 aromatic heterocycles. The molecule has 1 aliphatic carbocycles. The molecule has 2 rings (SSSR count). The number of carbonyl (C=O) groups excluding carboxylic acids is 1. The van der Waals surface area contributed by atoms with Gasteiger partial charge in [0.1, 0.15) is 12.4 Å². The summed E-state index contributed by atoms with van der Waals surface area (Å²) >= 11 is 0. The average Bonchev–Trinajstić information content (AvgIpc) is 3.18. The fourth-order valence-corrected chi connectivity index (χ4v) is 1.85. The van der Waals surface area contributed by atoms with E-state index in [1.165, 1.54) is 19.3 Å². The number of ketones is 1. The van der Waals surface area contributed by atoms with Crippen molar-refractivity contribution in [2.45, 2.75) is 26.2 Å². The highest BCUT2D eigenvalue weighted by molar-refractivity contribution is 5.96. The van der Waals surface area contributed by atoms with E-state index in [0.29, 0.717) is 24.5 Å². The molecule has 0 heterocycles. The topological polar surface area (TPSA) is 35.5 Å². The molecule has 98 valence electrons. The van der Waals surface area contributed by atoms with E-state index >= 15 is 0 Å². The van der Waals surface area contributed by atoms with Gasteiger partial charge in [0, 0.05) is 6.61 Å². The standard InChI is InChI=1S/C15H20O3/c1-12(16)14-4-2-3-5-15(14)18-11-10-17-9-8-13-6-7-13/h2-5,13H,6-11H2,1H3. The molecular formula is C15H20O3. The Labute approximate surface area is 108 Å². The molecule has 0 atom stereocenters. The van der Waals surface area contributed by atoms with Crippen molar-refractivity contribution in [2.24, 2.45) is 5.92 Å². The molecule has 3 nitrogen and oxygen atoms in total. The van der Waals surface area contributed by atoms with Gasteiger partial charge >= 0.3 is 0 Å². The normalized spacial score (nSPS) is 14.5. The fourth-order valence-electron chi connectivity index (χ4n) is 1.85. The second-order valence-corrected chi connectivity index (χ2v) is 4.75. The van der Waals surface area contributed by atoms with Crippen LogP contribution < -0.4 is 4.74 Å². The molecule has 0 radical (unpaired) electrons. The van der Waals surface area contributed by atoms with Gasteiger partial charge in [-0.2, -0.15) is 0 Å². The van der Waals surface area contributed by atoms with Crippen molar-refractivity contribution in [1.29, 1.82) is 0 Å². The molecule has 1 aromatic carbocycles. The van der Waals surface area contributed by atoms with Crippen molar-refractivity contribution < 1.29 is 14.3 Å². The van der Waals surface area contributed by atoms with Crippen LogP contribution in [0.4, 0.5) is 0 Å². The van der Waals surface area contributed by atoms with Crippen LogP contribution in [0.15, 0.2) is 24.3 Å². The summed E-state index contributed by atoms with van der Waals surface area (Å²) in [6, 6.07) is 7.32. The first-order valence-electron chi connectivity index (χ1n) is 6.58.